The zero-order valence-electron chi connectivity index (χ0n) is 16.2. The van der Waals surface area contributed by atoms with E-state index in [1.165, 1.54) is 5.56 Å². The highest BCUT2D eigenvalue weighted by atomic mass is 32.2. The lowest BCUT2D eigenvalue weighted by Crippen LogP contribution is -2.52. The highest BCUT2D eigenvalue weighted by Gasteiger charge is 2.39. The summed E-state index contributed by atoms with van der Waals surface area (Å²) in [5, 5.41) is 0. The molecule has 0 spiro atoms. The van der Waals surface area contributed by atoms with Crippen LogP contribution in [-0.2, 0) is 11.2 Å². The van der Waals surface area contributed by atoms with E-state index in [0.717, 1.165) is 29.2 Å². The molecule has 140 valence electrons. The summed E-state index contributed by atoms with van der Waals surface area (Å²) in [6.45, 7) is 2.82. The fourth-order valence-corrected chi connectivity index (χ4v) is 4.01. The van der Waals surface area contributed by atoms with Crippen molar-refractivity contribution in [3.8, 4) is 0 Å². The lowest BCUT2D eigenvalue weighted by atomic mass is 9.80. The molecule has 2 aromatic carbocycles. The molecular formula is C22H29NO2S. The van der Waals surface area contributed by atoms with Crippen LogP contribution in [0, 0.1) is 0 Å². The van der Waals surface area contributed by atoms with Crippen LogP contribution >= 0.6 is 11.8 Å². The maximum atomic E-state index is 13.4. The molecule has 1 atom stereocenters. The number of Topliss-reactive ketones (excluding diaryl/α,β-unsaturated/α-hetero) is 1. The Morgan fingerprint density at radius 3 is 2.27 bits per heavy atom. The Kier molecular flexibility index (Phi) is 7.88. The van der Waals surface area contributed by atoms with Gasteiger partial charge in [-0.05, 0) is 44.6 Å². The third-order valence-electron chi connectivity index (χ3n) is 4.88. The van der Waals surface area contributed by atoms with Crippen molar-refractivity contribution in [1.82, 2.24) is 4.90 Å². The van der Waals surface area contributed by atoms with Crippen molar-refractivity contribution in [2.24, 2.45) is 0 Å². The van der Waals surface area contributed by atoms with Gasteiger partial charge < -0.3 is 4.74 Å². The number of ketones is 1. The van der Waals surface area contributed by atoms with Gasteiger partial charge in [-0.25, -0.2) is 0 Å². The number of carbonyl (C=O) groups excluding carboxylic acids is 1. The summed E-state index contributed by atoms with van der Waals surface area (Å²) >= 11 is 1.74. The van der Waals surface area contributed by atoms with Gasteiger partial charge in [0, 0.05) is 23.3 Å². The molecule has 26 heavy (non-hydrogen) atoms. The Labute approximate surface area is 161 Å². The standard InChI is InChI=1S/C22H29NO2S/c1-5-22(23(2)3,17-18-9-7-6-8-10-18)21(24)19-11-13-20(14-12-19)26-16-15-25-4/h6-14H,5,15-17H2,1-4H3. The number of nitrogens with zero attached hydrogens (tertiary/aromatic N) is 1. The van der Waals surface area contributed by atoms with E-state index in [-0.39, 0.29) is 5.78 Å². The summed E-state index contributed by atoms with van der Waals surface area (Å²) in [5.41, 5.74) is 1.42. The number of thioether (sulfide) groups is 1. The fourth-order valence-electron chi connectivity index (χ4n) is 3.19. The van der Waals surface area contributed by atoms with Gasteiger partial charge in [0.2, 0.25) is 0 Å². The number of methoxy groups -OCH3 is 1. The van der Waals surface area contributed by atoms with Crippen LogP contribution in [-0.4, -0.2) is 49.8 Å². The van der Waals surface area contributed by atoms with Crippen LogP contribution in [0.15, 0.2) is 59.5 Å². The summed E-state index contributed by atoms with van der Waals surface area (Å²) in [5.74, 6) is 1.09. The van der Waals surface area contributed by atoms with E-state index < -0.39 is 5.54 Å². The van der Waals surface area contributed by atoms with Crippen molar-refractivity contribution >= 4 is 17.5 Å². The predicted molar refractivity (Wildman–Crippen MR) is 110 cm³/mol. The van der Waals surface area contributed by atoms with Gasteiger partial charge in [-0.2, -0.15) is 0 Å². The Balaban J connectivity index is 2.23. The molecule has 0 N–H and O–H groups in total. The average Bonchev–Trinajstić information content (AvgIpc) is 2.67. The van der Waals surface area contributed by atoms with Gasteiger partial charge in [-0.3, -0.25) is 9.69 Å². The van der Waals surface area contributed by atoms with Crippen LogP contribution in [0.25, 0.3) is 0 Å². The molecule has 0 heterocycles. The van der Waals surface area contributed by atoms with Crippen molar-refractivity contribution in [3.05, 3.63) is 65.7 Å². The van der Waals surface area contributed by atoms with Crippen molar-refractivity contribution in [2.45, 2.75) is 30.2 Å². The molecule has 2 rings (SSSR count). The van der Waals surface area contributed by atoms with Gasteiger partial charge in [0.1, 0.15) is 0 Å². The molecular weight excluding hydrogens is 342 g/mol. The van der Waals surface area contributed by atoms with E-state index in [0.29, 0.717) is 6.42 Å². The normalized spacial score (nSPS) is 13.6. The number of ether oxygens (including phenoxy) is 1. The minimum Gasteiger partial charge on any atom is -0.384 e. The number of carbonyl (C=O) groups is 1. The zero-order chi connectivity index (χ0) is 19.0. The molecule has 1 unspecified atom stereocenters. The lowest BCUT2D eigenvalue weighted by Gasteiger charge is -2.38. The van der Waals surface area contributed by atoms with E-state index in [4.69, 9.17) is 4.74 Å². The van der Waals surface area contributed by atoms with Gasteiger partial charge in [-0.1, -0.05) is 49.4 Å². The first-order valence-corrected chi connectivity index (χ1v) is 10.00. The van der Waals surface area contributed by atoms with Crippen LogP contribution in [0.3, 0.4) is 0 Å². The van der Waals surface area contributed by atoms with Gasteiger partial charge in [0.15, 0.2) is 5.78 Å². The van der Waals surface area contributed by atoms with E-state index in [1.54, 1.807) is 18.9 Å². The van der Waals surface area contributed by atoms with Crippen LogP contribution < -0.4 is 0 Å². The Morgan fingerprint density at radius 2 is 1.73 bits per heavy atom. The zero-order valence-corrected chi connectivity index (χ0v) is 17.0. The SMILES string of the molecule is CCC(Cc1ccccc1)(C(=O)c1ccc(SCCOC)cc1)N(C)C. The van der Waals surface area contributed by atoms with Gasteiger partial charge in [-0.15, -0.1) is 11.8 Å². The van der Waals surface area contributed by atoms with Crippen molar-refractivity contribution in [1.29, 1.82) is 0 Å². The van der Waals surface area contributed by atoms with E-state index in [2.05, 4.69) is 24.0 Å². The summed E-state index contributed by atoms with van der Waals surface area (Å²) in [6.07, 6.45) is 1.47. The Hall–Kier alpha value is -1.62. The number of benzene rings is 2. The van der Waals surface area contributed by atoms with Gasteiger partial charge in [0.05, 0.1) is 12.1 Å². The average molecular weight is 372 g/mol. The molecule has 0 saturated heterocycles. The second-order valence-corrected chi connectivity index (χ2v) is 7.81. The van der Waals surface area contributed by atoms with Crippen LogP contribution in [0.4, 0.5) is 0 Å². The van der Waals surface area contributed by atoms with E-state index >= 15 is 0 Å². The number of hydrogen-bond donors (Lipinski definition) is 0. The second-order valence-electron chi connectivity index (χ2n) is 6.64. The number of likely N-dealkylation sites (N-methyl/N-ethyl adjacent to an activating group) is 1. The maximum Gasteiger partial charge on any atom is 0.183 e. The van der Waals surface area contributed by atoms with Crippen molar-refractivity contribution in [3.63, 3.8) is 0 Å². The predicted octanol–water partition coefficient (Wildman–Crippen LogP) is 4.56. The molecule has 4 heteroatoms. The smallest absolute Gasteiger partial charge is 0.183 e. The van der Waals surface area contributed by atoms with E-state index in [9.17, 15) is 4.79 Å². The molecule has 0 fully saturated rings. The largest absolute Gasteiger partial charge is 0.384 e. The molecule has 0 saturated carbocycles. The molecule has 0 aliphatic rings. The minimum atomic E-state index is -0.536. The monoisotopic (exact) mass is 371 g/mol. The quantitative estimate of drug-likeness (QED) is 0.348. The first kappa shape index (κ1) is 20.7. The summed E-state index contributed by atoms with van der Waals surface area (Å²) < 4.78 is 5.09. The first-order chi connectivity index (χ1) is 12.5. The van der Waals surface area contributed by atoms with Crippen molar-refractivity contribution < 1.29 is 9.53 Å². The maximum absolute atomic E-state index is 13.4. The number of rotatable bonds is 10. The third-order valence-corrected chi connectivity index (χ3v) is 5.85. The highest BCUT2D eigenvalue weighted by Crippen LogP contribution is 2.28. The molecule has 0 aromatic heterocycles. The van der Waals surface area contributed by atoms with Gasteiger partial charge in [0.25, 0.3) is 0 Å². The molecule has 0 aliphatic heterocycles. The summed E-state index contributed by atoms with van der Waals surface area (Å²) in [7, 11) is 5.71. The van der Waals surface area contributed by atoms with Crippen LogP contribution in [0.1, 0.15) is 29.3 Å². The molecule has 0 bridgehead atoms. The summed E-state index contributed by atoms with van der Waals surface area (Å²) in [6, 6.07) is 18.2. The Morgan fingerprint density at radius 1 is 1.08 bits per heavy atom. The fraction of sp³-hybridized carbons (Fsp3) is 0.409. The van der Waals surface area contributed by atoms with Crippen molar-refractivity contribution in [2.75, 3.05) is 33.6 Å². The first-order valence-electron chi connectivity index (χ1n) is 9.01. The molecule has 0 amide bonds. The van der Waals surface area contributed by atoms with Gasteiger partial charge >= 0.3 is 0 Å². The molecule has 0 radical (unpaired) electrons. The third kappa shape index (κ3) is 4.97. The van der Waals surface area contributed by atoms with Crippen LogP contribution in [0.2, 0.25) is 0 Å². The Bertz CT molecular complexity index is 685. The molecule has 3 nitrogen and oxygen atoms in total. The molecule has 0 aliphatic carbocycles. The highest BCUT2D eigenvalue weighted by molar-refractivity contribution is 7.99. The minimum absolute atomic E-state index is 0.183. The number of hydrogen-bond acceptors (Lipinski definition) is 4. The van der Waals surface area contributed by atoms with Crippen LogP contribution in [0.5, 0.6) is 0 Å². The topological polar surface area (TPSA) is 29.5 Å². The van der Waals surface area contributed by atoms with E-state index in [1.807, 2.05) is 56.6 Å². The lowest BCUT2D eigenvalue weighted by molar-refractivity contribution is 0.0666. The second kappa shape index (κ2) is 9.91. The summed E-state index contributed by atoms with van der Waals surface area (Å²) in [4.78, 5) is 16.7. The molecule has 2 aromatic rings.